The highest BCUT2D eigenvalue weighted by molar-refractivity contribution is 5.88. The van der Waals surface area contributed by atoms with Crippen LogP contribution in [0.1, 0.15) is 5.56 Å². The van der Waals surface area contributed by atoms with Crippen molar-refractivity contribution in [3.8, 4) is 17.9 Å². The van der Waals surface area contributed by atoms with Crippen LogP contribution < -0.4 is 0 Å². The number of fused-ring (bicyclic) bond motifs is 1. The molecule has 0 fully saturated rings. The number of nitriles is 1. The van der Waals surface area contributed by atoms with Gasteiger partial charge in [-0.3, -0.25) is 0 Å². The number of halogens is 1. The van der Waals surface area contributed by atoms with Crippen LogP contribution in [-0.2, 0) is 0 Å². The van der Waals surface area contributed by atoms with Crippen LogP contribution in [0.15, 0.2) is 36.4 Å². The first-order valence-electron chi connectivity index (χ1n) is 4.40. The minimum atomic E-state index is -0.270. The first-order chi connectivity index (χ1) is 7.33. The second-order valence-corrected chi connectivity index (χ2v) is 3.00. The number of hydrogen-bond donors (Lipinski definition) is 0. The third-order valence-corrected chi connectivity index (χ3v) is 2.12. The maximum absolute atomic E-state index is 13.4. The Morgan fingerprint density at radius 2 is 1.73 bits per heavy atom. The monoisotopic (exact) mass is 195 g/mol. The molecular weight excluding hydrogens is 189 g/mol. The molecule has 0 saturated heterocycles. The molecule has 0 aliphatic carbocycles. The summed E-state index contributed by atoms with van der Waals surface area (Å²) in [5.74, 6) is 4.73. The van der Waals surface area contributed by atoms with Gasteiger partial charge in [-0.1, -0.05) is 30.2 Å². The van der Waals surface area contributed by atoms with Gasteiger partial charge < -0.3 is 0 Å². The summed E-state index contributed by atoms with van der Waals surface area (Å²) < 4.78 is 13.4. The van der Waals surface area contributed by atoms with E-state index in [0.29, 0.717) is 10.9 Å². The Kier molecular flexibility index (Phi) is 2.35. The molecule has 0 N–H and O–H groups in total. The average molecular weight is 195 g/mol. The molecule has 0 amide bonds. The third-order valence-electron chi connectivity index (χ3n) is 2.12. The number of benzene rings is 2. The second kappa shape index (κ2) is 3.82. The summed E-state index contributed by atoms with van der Waals surface area (Å²) in [6, 6.07) is 11.8. The lowest BCUT2D eigenvalue weighted by Crippen LogP contribution is -1.83. The lowest BCUT2D eigenvalue weighted by Gasteiger charge is -2.00. The fraction of sp³-hybridized carbons (Fsp3) is 0. The van der Waals surface area contributed by atoms with E-state index in [-0.39, 0.29) is 5.82 Å². The smallest absolute Gasteiger partial charge is 0.152 e. The molecule has 0 heterocycles. The van der Waals surface area contributed by atoms with Gasteiger partial charge in [0, 0.05) is 22.3 Å². The van der Waals surface area contributed by atoms with Crippen molar-refractivity contribution in [2.24, 2.45) is 0 Å². The van der Waals surface area contributed by atoms with Crippen molar-refractivity contribution in [3.05, 3.63) is 47.8 Å². The standard InChI is InChI=1S/C13H6FN/c14-13-8-7-10(4-3-9-15)11-5-1-2-6-12(11)13/h1-2,5-8H. The van der Waals surface area contributed by atoms with Crippen LogP contribution in [0.25, 0.3) is 10.8 Å². The third kappa shape index (κ3) is 1.66. The van der Waals surface area contributed by atoms with Crippen molar-refractivity contribution < 1.29 is 4.39 Å². The van der Waals surface area contributed by atoms with Crippen LogP contribution in [0.3, 0.4) is 0 Å². The lowest BCUT2D eigenvalue weighted by molar-refractivity contribution is 0.640. The Bertz CT molecular complexity index is 612. The van der Waals surface area contributed by atoms with Crippen LogP contribution in [0.2, 0.25) is 0 Å². The Labute approximate surface area is 86.8 Å². The van der Waals surface area contributed by atoms with E-state index in [2.05, 4.69) is 11.8 Å². The van der Waals surface area contributed by atoms with Crippen molar-refractivity contribution in [3.63, 3.8) is 0 Å². The molecule has 0 saturated carbocycles. The largest absolute Gasteiger partial charge is 0.206 e. The van der Waals surface area contributed by atoms with E-state index in [0.717, 1.165) is 5.39 Å². The van der Waals surface area contributed by atoms with E-state index in [9.17, 15) is 4.39 Å². The molecule has 0 aliphatic heterocycles. The van der Waals surface area contributed by atoms with Gasteiger partial charge >= 0.3 is 0 Å². The summed E-state index contributed by atoms with van der Waals surface area (Å²) in [5.41, 5.74) is 0.675. The minimum Gasteiger partial charge on any atom is -0.206 e. The van der Waals surface area contributed by atoms with Crippen LogP contribution in [0.4, 0.5) is 4.39 Å². The molecule has 1 nitrogen and oxygen atoms in total. The molecule has 2 aromatic carbocycles. The van der Waals surface area contributed by atoms with Gasteiger partial charge in [0.05, 0.1) is 0 Å². The topological polar surface area (TPSA) is 23.8 Å². The predicted molar refractivity (Wildman–Crippen MR) is 56.4 cm³/mol. The van der Waals surface area contributed by atoms with Gasteiger partial charge in [-0.15, -0.1) is 0 Å². The molecule has 2 heteroatoms. The summed E-state index contributed by atoms with van der Waals surface area (Å²) in [4.78, 5) is 0. The first kappa shape index (κ1) is 9.24. The number of rotatable bonds is 0. The van der Waals surface area contributed by atoms with E-state index in [1.807, 2.05) is 6.07 Å². The zero-order chi connectivity index (χ0) is 10.7. The molecule has 0 radical (unpaired) electrons. The van der Waals surface area contributed by atoms with Crippen LogP contribution in [0.5, 0.6) is 0 Å². The number of nitrogens with zero attached hydrogens (tertiary/aromatic N) is 1. The second-order valence-electron chi connectivity index (χ2n) is 3.00. The summed E-state index contributed by atoms with van der Waals surface area (Å²) in [6.07, 6.45) is 0. The van der Waals surface area contributed by atoms with Gasteiger partial charge in [0.25, 0.3) is 0 Å². The molecule has 0 unspecified atom stereocenters. The molecule has 0 atom stereocenters. The molecule has 0 bridgehead atoms. The summed E-state index contributed by atoms with van der Waals surface area (Å²) in [5, 5.41) is 9.62. The Balaban J connectivity index is 2.79. The predicted octanol–water partition coefficient (Wildman–Crippen LogP) is 2.85. The SMILES string of the molecule is N#CC#Cc1ccc(F)c2ccccc12. The molecule has 70 valence electrons. The highest BCUT2D eigenvalue weighted by Gasteiger charge is 2.02. The molecule has 0 aromatic heterocycles. The number of hydrogen-bond acceptors (Lipinski definition) is 1. The lowest BCUT2D eigenvalue weighted by atomic mass is 10.0. The Morgan fingerprint density at radius 3 is 2.47 bits per heavy atom. The Morgan fingerprint density at radius 1 is 1.00 bits per heavy atom. The molecule has 2 rings (SSSR count). The molecular formula is C13H6FN. The highest BCUT2D eigenvalue weighted by Crippen LogP contribution is 2.20. The van der Waals surface area contributed by atoms with E-state index in [1.165, 1.54) is 6.07 Å². The van der Waals surface area contributed by atoms with Gasteiger partial charge in [0.1, 0.15) is 5.82 Å². The van der Waals surface area contributed by atoms with E-state index < -0.39 is 0 Å². The average Bonchev–Trinajstić information content (AvgIpc) is 2.29. The van der Waals surface area contributed by atoms with Crippen LogP contribution in [-0.4, -0.2) is 0 Å². The fourth-order valence-corrected chi connectivity index (χ4v) is 1.47. The van der Waals surface area contributed by atoms with E-state index >= 15 is 0 Å². The first-order valence-corrected chi connectivity index (χ1v) is 4.40. The molecule has 2 aromatic rings. The van der Waals surface area contributed by atoms with E-state index in [1.54, 1.807) is 30.3 Å². The minimum absolute atomic E-state index is 0.270. The van der Waals surface area contributed by atoms with Crippen molar-refractivity contribution in [2.75, 3.05) is 0 Å². The van der Waals surface area contributed by atoms with Gasteiger partial charge in [-0.2, -0.15) is 5.26 Å². The molecule has 15 heavy (non-hydrogen) atoms. The summed E-state index contributed by atoms with van der Waals surface area (Å²) in [6.45, 7) is 0. The molecule has 0 spiro atoms. The van der Waals surface area contributed by atoms with Crippen molar-refractivity contribution in [1.29, 1.82) is 5.26 Å². The van der Waals surface area contributed by atoms with Crippen LogP contribution >= 0.6 is 0 Å². The summed E-state index contributed by atoms with van der Waals surface area (Å²) >= 11 is 0. The fourth-order valence-electron chi connectivity index (χ4n) is 1.47. The van der Waals surface area contributed by atoms with Gasteiger partial charge in [0.2, 0.25) is 0 Å². The van der Waals surface area contributed by atoms with Crippen LogP contribution in [0, 0.1) is 29.0 Å². The van der Waals surface area contributed by atoms with Crippen molar-refractivity contribution in [2.45, 2.75) is 0 Å². The maximum atomic E-state index is 13.4. The molecule has 0 aliphatic rings. The quantitative estimate of drug-likeness (QED) is 0.593. The normalized spacial score (nSPS) is 9.07. The van der Waals surface area contributed by atoms with Gasteiger partial charge in [0.15, 0.2) is 6.07 Å². The van der Waals surface area contributed by atoms with E-state index in [4.69, 9.17) is 5.26 Å². The van der Waals surface area contributed by atoms with Crippen molar-refractivity contribution >= 4 is 10.8 Å². The zero-order valence-electron chi connectivity index (χ0n) is 7.79. The Hall–Kier alpha value is -2.32. The van der Waals surface area contributed by atoms with Crippen molar-refractivity contribution in [1.82, 2.24) is 0 Å². The maximum Gasteiger partial charge on any atom is 0.152 e. The zero-order valence-corrected chi connectivity index (χ0v) is 7.79. The van der Waals surface area contributed by atoms with Gasteiger partial charge in [-0.25, -0.2) is 4.39 Å². The highest BCUT2D eigenvalue weighted by atomic mass is 19.1. The summed E-state index contributed by atoms with van der Waals surface area (Å²) in [7, 11) is 0. The van der Waals surface area contributed by atoms with Gasteiger partial charge in [-0.05, 0) is 12.1 Å².